The maximum Gasteiger partial charge on any atom is 0.433 e. The largest absolute Gasteiger partial charge is 0.433 e. The Labute approximate surface area is 142 Å². The van der Waals surface area contributed by atoms with Gasteiger partial charge in [-0.05, 0) is 17.9 Å². The van der Waals surface area contributed by atoms with Crippen molar-refractivity contribution >= 4 is 18.3 Å². The number of alkyl halides is 3. The lowest BCUT2D eigenvalue weighted by Crippen LogP contribution is -2.47. The molecule has 3 N–H and O–H groups in total. The Kier molecular flexibility index (Phi) is 6.43. The number of hydrogen-bond donors (Lipinski definition) is 2. The van der Waals surface area contributed by atoms with Crippen LogP contribution in [0.4, 0.5) is 19.1 Å². The van der Waals surface area contributed by atoms with E-state index in [-0.39, 0.29) is 29.9 Å². The molecule has 0 aliphatic heterocycles. The highest BCUT2D eigenvalue weighted by Crippen LogP contribution is 2.29. The van der Waals surface area contributed by atoms with Crippen LogP contribution in [0, 0.1) is 11.3 Å². The van der Waals surface area contributed by atoms with Crippen molar-refractivity contribution in [3.63, 3.8) is 0 Å². The predicted octanol–water partition coefficient (Wildman–Crippen LogP) is 1.60. The van der Waals surface area contributed by atoms with Crippen LogP contribution < -0.4 is 10.9 Å². The van der Waals surface area contributed by atoms with Crippen molar-refractivity contribution in [3.05, 3.63) is 18.0 Å². The molecule has 11 heteroatoms. The summed E-state index contributed by atoms with van der Waals surface area (Å²) in [6, 6.07) is 0.649. The first-order valence-electron chi connectivity index (χ1n) is 7.25. The van der Waals surface area contributed by atoms with E-state index < -0.39 is 29.6 Å². The molecule has 1 rings (SSSR count). The molecule has 1 aromatic rings. The van der Waals surface area contributed by atoms with Crippen LogP contribution in [0.1, 0.15) is 32.9 Å². The summed E-state index contributed by atoms with van der Waals surface area (Å²) in [5.74, 6) is 3.18. The number of amides is 2. The van der Waals surface area contributed by atoms with Crippen molar-refractivity contribution in [2.24, 2.45) is 17.2 Å². The molecule has 0 radical (unpaired) electrons. The summed E-state index contributed by atoms with van der Waals surface area (Å²) in [5, 5.41) is 10.0. The molecule has 140 valence electrons. The number of hydroxylamine groups is 2. The summed E-state index contributed by atoms with van der Waals surface area (Å²) in [4.78, 5) is 29.9. The van der Waals surface area contributed by atoms with Crippen LogP contribution in [-0.2, 0) is 15.8 Å². The third kappa shape index (κ3) is 6.27. The lowest BCUT2D eigenvalue weighted by atomic mass is 9.84. The van der Waals surface area contributed by atoms with E-state index in [1.807, 2.05) is 20.8 Å². The average Bonchev–Trinajstić information content (AvgIpc) is 2.50. The molecule has 8 nitrogen and oxygen atoms in total. The first-order chi connectivity index (χ1) is 11.3. The Morgan fingerprint density at radius 1 is 1.40 bits per heavy atom. The van der Waals surface area contributed by atoms with Crippen molar-refractivity contribution in [1.82, 2.24) is 15.0 Å². The Morgan fingerprint density at radius 3 is 2.48 bits per heavy atom. The van der Waals surface area contributed by atoms with Crippen molar-refractivity contribution in [2.75, 3.05) is 11.6 Å². The minimum absolute atomic E-state index is 0.116. The van der Waals surface area contributed by atoms with Crippen LogP contribution in [0.5, 0.6) is 0 Å². The van der Waals surface area contributed by atoms with Gasteiger partial charge in [-0.3, -0.25) is 14.8 Å². The molecule has 0 fully saturated rings. The molecule has 1 heterocycles. The van der Waals surface area contributed by atoms with Gasteiger partial charge in [-0.2, -0.15) is 13.2 Å². The fraction of sp³-hybridized carbons (Fsp3) is 0.571. The normalized spacial score (nSPS) is 13.3. The van der Waals surface area contributed by atoms with Gasteiger partial charge in [0, 0.05) is 6.20 Å². The molecule has 0 unspecified atom stereocenters. The predicted molar refractivity (Wildman–Crippen MR) is 80.8 cm³/mol. The minimum Gasteiger partial charge on any atom is -0.286 e. The van der Waals surface area contributed by atoms with E-state index in [1.54, 1.807) is 0 Å². The van der Waals surface area contributed by atoms with Gasteiger partial charge in [0.25, 0.3) is 0 Å². The quantitative estimate of drug-likeness (QED) is 0.261. The molecule has 0 saturated heterocycles. The van der Waals surface area contributed by atoms with Gasteiger partial charge >= 0.3 is 6.18 Å². The molecule has 0 bridgehead atoms. The number of hydrogen-bond acceptors (Lipinski definition) is 6. The second-order valence-corrected chi connectivity index (χ2v) is 6.64. The van der Waals surface area contributed by atoms with Gasteiger partial charge in [0.05, 0.1) is 12.5 Å². The topological polar surface area (TPSA) is 113 Å². The molecule has 0 spiro atoms. The highest BCUT2D eigenvalue weighted by atomic mass is 19.4. The third-order valence-corrected chi connectivity index (χ3v) is 3.12. The van der Waals surface area contributed by atoms with Crippen LogP contribution >= 0.6 is 0 Å². The first kappa shape index (κ1) is 20.8. The number of carbonyl (C=O) groups is 2. The van der Waals surface area contributed by atoms with E-state index in [2.05, 4.69) is 9.97 Å². The maximum atomic E-state index is 12.7. The van der Waals surface area contributed by atoms with Gasteiger partial charge < -0.3 is 0 Å². The first-order valence-corrected chi connectivity index (χ1v) is 7.25. The van der Waals surface area contributed by atoms with Gasteiger partial charge in [0.1, 0.15) is 5.69 Å². The van der Waals surface area contributed by atoms with E-state index in [1.165, 1.54) is 0 Å². The van der Waals surface area contributed by atoms with Gasteiger partial charge in [0.2, 0.25) is 18.3 Å². The molecule has 0 aliphatic rings. The zero-order valence-corrected chi connectivity index (χ0v) is 14.0. The Hall–Kier alpha value is -2.27. The van der Waals surface area contributed by atoms with E-state index in [0.717, 1.165) is 6.20 Å². The second kappa shape index (κ2) is 7.74. The van der Waals surface area contributed by atoms with Crippen LogP contribution in [0.3, 0.4) is 0 Å². The highest BCUT2D eigenvalue weighted by Gasteiger charge is 2.35. The van der Waals surface area contributed by atoms with Gasteiger partial charge in [-0.1, -0.05) is 20.8 Å². The number of nitrogens with two attached hydrogens (primary N) is 1. The number of carbonyl (C=O) groups excluding carboxylic acids is 2. The van der Waals surface area contributed by atoms with Crippen molar-refractivity contribution in [1.29, 1.82) is 0 Å². The van der Waals surface area contributed by atoms with Crippen molar-refractivity contribution < 1.29 is 28.0 Å². The molecular formula is C14H20F3N5O3. The maximum absolute atomic E-state index is 12.7. The number of anilines is 1. The Morgan fingerprint density at radius 2 is 2.00 bits per heavy atom. The molecule has 1 atom stereocenters. The number of hydrazine groups is 1. The van der Waals surface area contributed by atoms with E-state index in [4.69, 9.17) is 5.84 Å². The zero-order chi connectivity index (χ0) is 19.4. The lowest BCUT2D eigenvalue weighted by molar-refractivity contribution is -0.155. The van der Waals surface area contributed by atoms with E-state index >= 15 is 0 Å². The SMILES string of the molecule is CC(C)(C)C[C@H](CN(O)C=O)C(=O)N(N)c1nccc(C(F)(F)F)n1. The Bertz CT molecular complexity index is 618. The standard InChI is InChI=1S/C14H20F3N5O3/c1-13(2,3)6-9(7-21(25)8-23)11(24)22(18)12-19-5-4-10(20-12)14(15,16)17/h4-5,8-9,25H,6-7,18H2,1-3H3/t9-/m1/s1. The fourth-order valence-corrected chi connectivity index (χ4v) is 2.16. The minimum atomic E-state index is -4.72. The smallest absolute Gasteiger partial charge is 0.286 e. The van der Waals surface area contributed by atoms with E-state index in [9.17, 15) is 28.0 Å². The summed E-state index contributed by atoms with van der Waals surface area (Å²) in [5.41, 5.74) is -1.62. The monoisotopic (exact) mass is 363 g/mol. The summed E-state index contributed by atoms with van der Waals surface area (Å²) in [6.45, 7) is 5.08. The molecule has 0 aromatic carbocycles. The van der Waals surface area contributed by atoms with E-state index in [0.29, 0.717) is 11.1 Å². The molecule has 25 heavy (non-hydrogen) atoms. The summed E-state index contributed by atoms with van der Waals surface area (Å²) < 4.78 is 38.2. The zero-order valence-electron chi connectivity index (χ0n) is 14.0. The molecule has 2 amide bonds. The molecular weight excluding hydrogens is 343 g/mol. The number of aromatic nitrogens is 2. The number of nitrogens with zero attached hydrogens (tertiary/aromatic N) is 4. The van der Waals surface area contributed by atoms with Crippen LogP contribution in [-0.4, -0.2) is 39.1 Å². The third-order valence-electron chi connectivity index (χ3n) is 3.12. The summed E-state index contributed by atoms with van der Waals surface area (Å²) in [7, 11) is 0. The van der Waals surface area contributed by atoms with Gasteiger partial charge in [-0.15, -0.1) is 0 Å². The van der Waals surface area contributed by atoms with Crippen LogP contribution in [0.2, 0.25) is 0 Å². The van der Waals surface area contributed by atoms with Gasteiger partial charge in [0.15, 0.2) is 0 Å². The number of halogens is 3. The summed E-state index contributed by atoms with van der Waals surface area (Å²) in [6.07, 6.45) is -3.55. The average molecular weight is 363 g/mol. The van der Waals surface area contributed by atoms with Gasteiger partial charge in [-0.25, -0.2) is 25.9 Å². The van der Waals surface area contributed by atoms with Crippen LogP contribution in [0.15, 0.2) is 12.3 Å². The summed E-state index contributed by atoms with van der Waals surface area (Å²) >= 11 is 0. The molecule has 0 aliphatic carbocycles. The number of rotatable bonds is 6. The lowest BCUT2D eigenvalue weighted by Gasteiger charge is -2.28. The second-order valence-electron chi connectivity index (χ2n) is 6.64. The van der Waals surface area contributed by atoms with Crippen LogP contribution in [0.25, 0.3) is 0 Å². The molecule has 0 saturated carbocycles. The fourth-order valence-electron chi connectivity index (χ4n) is 2.16. The van der Waals surface area contributed by atoms with Crippen molar-refractivity contribution in [2.45, 2.75) is 33.4 Å². The van der Waals surface area contributed by atoms with Crippen molar-refractivity contribution in [3.8, 4) is 0 Å². The Balaban J connectivity index is 3.08. The molecule has 1 aromatic heterocycles. The highest BCUT2D eigenvalue weighted by molar-refractivity contribution is 5.92.